The lowest BCUT2D eigenvalue weighted by molar-refractivity contribution is -0.155. The monoisotopic (exact) mass is 348 g/mol. The van der Waals surface area contributed by atoms with Gasteiger partial charge in [-0.15, -0.1) is 0 Å². The van der Waals surface area contributed by atoms with Crippen molar-refractivity contribution in [1.82, 2.24) is 10.2 Å². The van der Waals surface area contributed by atoms with Crippen LogP contribution in [-0.2, 0) is 14.3 Å². The quantitative estimate of drug-likeness (QED) is 0.887. The number of carbonyl (C=O) groups is 2. The average molecular weight is 348 g/mol. The van der Waals surface area contributed by atoms with Crippen LogP contribution in [0.3, 0.4) is 0 Å². The van der Waals surface area contributed by atoms with E-state index in [9.17, 15) is 9.59 Å². The fourth-order valence-corrected chi connectivity index (χ4v) is 3.36. The summed E-state index contributed by atoms with van der Waals surface area (Å²) in [4.78, 5) is 26.6. The number of ether oxygens (including phenoxy) is 3. The van der Waals surface area contributed by atoms with Crippen LogP contribution < -0.4 is 14.8 Å². The van der Waals surface area contributed by atoms with Gasteiger partial charge in [-0.2, -0.15) is 0 Å². The molecule has 2 heterocycles. The number of amides is 2. The van der Waals surface area contributed by atoms with Crippen molar-refractivity contribution in [2.24, 2.45) is 0 Å². The number of likely N-dealkylation sites (tertiary alicyclic amines) is 1. The molecule has 2 amide bonds. The molecular weight excluding hydrogens is 324 g/mol. The van der Waals surface area contributed by atoms with E-state index >= 15 is 0 Å². The number of carbonyl (C=O) groups excluding carboxylic acids is 2. The summed E-state index contributed by atoms with van der Waals surface area (Å²) < 4.78 is 16.2. The predicted octanol–water partition coefficient (Wildman–Crippen LogP) is 1.27. The summed E-state index contributed by atoms with van der Waals surface area (Å²) in [6.07, 6.45) is 2.43. The number of nitrogens with one attached hydrogen (secondary N) is 1. The van der Waals surface area contributed by atoms with E-state index < -0.39 is 12.1 Å². The van der Waals surface area contributed by atoms with Gasteiger partial charge in [0.1, 0.15) is 6.61 Å². The summed E-state index contributed by atoms with van der Waals surface area (Å²) in [5, 5.41) is 2.88. The summed E-state index contributed by atoms with van der Waals surface area (Å²) in [6, 6.07) is 4.81. The van der Waals surface area contributed by atoms with E-state index in [0.717, 1.165) is 37.9 Å². The molecule has 0 saturated carbocycles. The second-order valence-corrected chi connectivity index (χ2v) is 6.28. The second-order valence-electron chi connectivity index (χ2n) is 6.28. The van der Waals surface area contributed by atoms with Crippen molar-refractivity contribution in [2.45, 2.75) is 31.4 Å². The van der Waals surface area contributed by atoms with Gasteiger partial charge in [-0.1, -0.05) is 6.07 Å². The average Bonchev–Trinajstić information content (AvgIpc) is 2.67. The minimum Gasteiger partial charge on any atom is -0.493 e. The molecular formula is C18H24N2O5. The molecule has 0 spiro atoms. The molecule has 2 atom stereocenters. The van der Waals surface area contributed by atoms with Crippen LogP contribution in [0.25, 0.3) is 0 Å². The Morgan fingerprint density at radius 3 is 2.56 bits per heavy atom. The van der Waals surface area contributed by atoms with Gasteiger partial charge in [0.2, 0.25) is 5.91 Å². The number of nitrogens with zero attached hydrogens (tertiary/aromatic N) is 1. The van der Waals surface area contributed by atoms with E-state index in [-0.39, 0.29) is 18.4 Å². The van der Waals surface area contributed by atoms with Gasteiger partial charge in [0.05, 0.1) is 20.3 Å². The molecule has 0 bridgehead atoms. The van der Waals surface area contributed by atoms with Gasteiger partial charge < -0.3 is 24.4 Å². The minimum atomic E-state index is -0.728. The zero-order valence-corrected chi connectivity index (χ0v) is 14.6. The van der Waals surface area contributed by atoms with E-state index in [2.05, 4.69) is 5.32 Å². The van der Waals surface area contributed by atoms with Gasteiger partial charge >= 0.3 is 0 Å². The number of methoxy groups -OCH3 is 2. The molecule has 0 radical (unpaired) electrons. The Labute approximate surface area is 147 Å². The van der Waals surface area contributed by atoms with Crippen molar-refractivity contribution < 1.29 is 23.8 Å². The molecule has 7 nitrogen and oxygen atoms in total. The fourth-order valence-electron chi connectivity index (χ4n) is 3.36. The Morgan fingerprint density at radius 2 is 1.88 bits per heavy atom. The largest absolute Gasteiger partial charge is 0.493 e. The summed E-state index contributed by atoms with van der Waals surface area (Å²) in [5.74, 6) is 0.833. The first-order valence-corrected chi connectivity index (χ1v) is 8.55. The molecule has 0 aromatic heterocycles. The van der Waals surface area contributed by atoms with E-state index in [1.165, 1.54) is 0 Å². The van der Waals surface area contributed by atoms with Crippen molar-refractivity contribution >= 4 is 11.8 Å². The number of rotatable bonds is 4. The first kappa shape index (κ1) is 17.5. The fraction of sp³-hybridized carbons (Fsp3) is 0.556. The van der Waals surface area contributed by atoms with Gasteiger partial charge in [-0.05, 0) is 37.0 Å². The van der Waals surface area contributed by atoms with Crippen LogP contribution in [0.2, 0.25) is 0 Å². The molecule has 25 heavy (non-hydrogen) atoms. The Morgan fingerprint density at radius 1 is 1.16 bits per heavy atom. The van der Waals surface area contributed by atoms with Gasteiger partial charge in [-0.3, -0.25) is 9.59 Å². The Kier molecular flexibility index (Phi) is 5.43. The van der Waals surface area contributed by atoms with Crippen LogP contribution in [0, 0.1) is 0 Å². The number of hydrogen-bond acceptors (Lipinski definition) is 5. The zero-order chi connectivity index (χ0) is 17.8. The third kappa shape index (κ3) is 3.71. The predicted molar refractivity (Wildman–Crippen MR) is 90.6 cm³/mol. The SMILES string of the molecule is COc1ccc([C@H]2NC(=O)CO[C@@H]2C(=O)N2CCCCC2)cc1OC. The number of piperidine rings is 1. The molecule has 7 heteroatoms. The maximum Gasteiger partial charge on any atom is 0.254 e. The van der Waals surface area contributed by atoms with Crippen LogP contribution in [0.4, 0.5) is 0 Å². The second kappa shape index (κ2) is 7.74. The summed E-state index contributed by atoms with van der Waals surface area (Å²) in [6.45, 7) is 1.38. The van der Waals surface area contributed by atoms with Crippen molar-refractivity contribution in [3.8, 4) is 11.5 Å². The summed E-state index contributed by atoms with van der Waals surface area (Å²) >= 11 is 0. The molecule has 136 valence electrons. The lowest BCUT2D eigenvalue weighted by atomic mass is 9.97. The van der Waals surface area contributed by atoms with Gasteiger partial charge in [0.15, 0.2) is 17.6 Å². The van der Waals surface area contributed by atoms with Crippen LogP contribution in [0.15, 0.2) is 18.2 Å². The summed E-state index contributed by atoms with van der Waals surface area (Å²) in [7, 11) is 3.11. The molecule has 2 aliphatic heterocycles. The Bertz CT molecular complexity index is 642. The number of morpholine rings is 1. The highest BCUT2D eigenvalue weighted by Gasteiger charge is 2.38. The number of hydrogen-bond donors (Lipinski definition) is 1. The highest BCUT2D eigenvalue weighted by Crippen LogP contribution is 2.33. The maximum atomic E-state index is 12.9. The molecule has 2 fully saturated rings. The highest BCUT2D eigenvalue weighted by atomic mass is 16.5. The molecule has 3 rings (SSSR count). The van der Waals surface area contributed by atoms with E-state index in [0.29, 0.717) is 11.5 Å². The topological polar surface area (TPSA) is 77.1 Å². The van der Waals surface area contributed by atoms with Crippen molar-refractivity contribution in [2.75, 3.05) is 33.9 Å². The molecule has 2 saturated heterocycles. The smallest absolute Gasteiger partial charge is 0.254 e. The van der Waals surface area contributed by atoms with Gasteiger partial charge in [-0.25, -0.2) is 0 Å². The highest BCUT2D eigenvalue weighted by molar-refractivity contribution is 5.86. The normalized spacial score (nSPS) is 23.8. The number of benzene rings is 1. The zero-order valence-electron chi connectivity index (χ0n) is 14.6. The lowest BCUT2D eigenvalue weighted by Crippen LogP contribution is -2.54. The van der Waals surface area contributed by atoms with Crippen LogP contribution in [0.5, 0.6) is 11.5 Å². The van der Waals surface area contributed by atoms with Crippen molar-refractivity contribution in [3.63, 3.8) is 0 Å². The molecule has 1 aromatic rings. The van der Waals surface area contributed by atoms with Crippen molar-refractivity contribution in [3.05, 3.63) is 23.8 Å². The first-order chi connectivity index (χ1) is 12.1. The first-order valence-electron chi connectivity index (χ1n) is 8.55. The van der Waals surface area contributed by atoms with E-state index in [1.807, 2.05) is 11.0 Å². The van der Waals surface area contributed by atoms with E-state index in [1.54, 1.807) is 26.4 Å². The maximum absolute atomic E-state index is 12.9. The Balaban J connectivity index is 1.87. The van der Waals surface area contributed by atoms with Crippen molar-refractivity contribution in [1.29, 1.82) is 0 Å². The minimum absolute atomic E-state index is 0.0699. The van der Waals surface area contributed by atoms with Crippen LogP contribution in [-0.4, -0.2) is 56.7 Å². The lowest BCUT2D eigenvalue weighted by Gasteiger charge is -2.36. The molecule has 0 aliphatic carbocycles. The third-order valence-corrected chi connectivity index (χ3v) is 4.69. The molecule has 1 aromatic carbocycles. The molecule has 2 aliphatic rings. The third-order valence-electron chi connectivity index (χ3n) is 4.69. The van der Waals surface area contributed by atoms with Gasteiger partial charge in [0, 0.05) is 13.1 Å². The standard InChI is InChI=1S/C18H24N2O5/c1-23-13-7-6-12(10-14(13)24-2)16-17(25-11-15(21)19-16)18(22)20-8-4-3-5-9-20/h6-7,10,16-17H,3-5,8-9,11H2,1-2H3,(H,19,21)/t16-,17+/m1/s1. The molecule has 0 unspecified atom stereocenters. The van der Waals surface area contributed by atoms with Gasteiger partial charge in [0.25, 0.3) is 5.91 Å². The van der Waals surface area contributed by atoms with Crippen LogP contribution >= 0.6 is 0 Å². The molecule has 1 N–H and O–H groups in total. The van der Waals surface area contributed by atoms with E-state index in [4.69, 9.17) is 14.2 Å². The Hall–Kier alpha value is -2.28. The van der Waals surface area contributed by atoms with Crippen LogP contribution in [0.1, 0.15) is 30.9 Å². The summed E-state index contributed by atoms with van der Waals surface area (Å²) in [5.41, 5.74) is 0.751.